The number of nitrogen functional groups attached to an aromatic ring is 1. The van der Waals surface area contributed by atoms with Crippen molar-refractivity contribution in [2.24, 2.45) is 5.84 Å². The maximum Gasteiger partial charge on any atom is 0.253 e. The van der Waals surface area contributed by atoms with Crippen LogP contribution < -0.4 is 16.6 Å². The molecule has 88 valence electrons. The van der Waals surface area contributed by atoms with Gasteiger partial charge in [0.15, 0.2) is 0 Å². The molecule has 2 aromatic heterocycles. The molecule has 0 saturated heterocycles. The number of hydrazine groups is 1. The molecule has 7 nitrogen and oxygen atoms in total. The van der Waals surface area contributed by atoms with Crippen LogP contribution in [0.4, 0.5) is 5.69 Å². The van der Waals surface area contributed by atoms with E-state index in [0.29, 0.717) is 17.8 Å². The highest BCUT2D eigenvalue weighted by atomic mass is 16.1. The number of carbonyl (C=O) groups is 1. The predicted molar refractivity (Wildman–Crippen MR) is 61.8 cm³/mol. The first-order chi connectivity index (χ1) is 8.31. The van der Waals surface area contributed by atoms with Crippen LogP contribution in [0.5, 0.6) is 0 Å². The van der Waals surface area contributed by atoms with Crippen molar-refractivity contribution in [3.8, 4) is 0 Å². The highest BCUT2D eigenvalue weighted by Gasteiger charge is 2.10. The lowest BCUT2D eigenvalue weighted by Gasteiger charge is -2.07. The van der Waals surface area contributed by atoms with Crippen LogP contribution in [-0.2, 0) is 6.54 Å². The first-order valence-electron chi connectivity index (χ1n) is 4.97. The number of amides is 1. The van der Waals surface area contributed by atoms with Gasteiger partial charge >= 0.3 is 0 Å². The van der Waals surface area contributed by atoms with Gasteiger partial charge in [-0.1, -0.05) is 0 Å². The summed E-state index contributed by atoms with van der Waals surface area (Å²) < 4.78 is 0. The van der Waals surface area contributed by atoms with Crippen LogP contribution in [-0.4, -0.2) is 20.9 Å². The van der Waals surface area contributed by atoms with Gasteiger partial charge in [0.05, 0.1) is 36.0 Å². The molecule has 0 aliphatic rings. The molecule has 5 N–H and O–H groups in total. The van der Waals surface area contributed by atoms with Crippen LogP contribution in [0.15, 0.2) is 31.0 Å². The van der Waals surface area contributed by atoms with Crippen LogP contribution in [0.3, 0.4) is 0 Å². The Kier molecular flexibility index (Phi) is 3.31. The first kappa shape index (κ1) is 11.1. The fourth-order valence-corrected chi connectivity index (χ4v) is 1.36. The Bertz CT molecular complexity index is 495. The summed E-state index contributed by atoms with van der Waals surface area (Å²) in [6.07, 6.45) is 6.23. The Morgan fingerprint density at radius 2 is 2.29 bits per heavy atom. The van der Waals surface area contributed by atoms with E-state index in [-0.39, 0.29) is 5.91 Å². The highest BCUT2D eigenvalue weighted by Crippen LogP contribution is 2.11. The van der Waals surface area contributed by atoms with Gasteiger partial charge in [0, 0.05) is 12.4 Å². The molecule has 0 radical (unpaired) electrons. The summed E-state index contributed by atoms with van der Waals surface area (Å²) in [6, 6.07) is 1.59. The molecule has 0 spiro atoms. The number of nitrogens with one attached hydrogen (secondary N) is 3. The number of hydrogen-bond acceptors (Lipinski definition) is 5. The second-order valence-electron chi connectivity index (χ2n) is 3.33. The van der Waals surface area contributed by atoms with Crippen molar-refractivity contribution < 1.29 is 4.79 Å². The topological polar surface area (TPSA) is 109 Å². The zero-order valence-corrected chi connectivity index (χ0v) is 8.97. The van der Waals surface area contributed by atoms with Crippen molar-refractivity contribution in [3.63, 3.8) is 0 Å². The minimum atomic E-state index is -0.227. The molecule has 2 rings (SSSR count). The van der Waals surface area contributed by atoms with E-state index in [4.69, 9.17) is 5.84 Å². The highest BCUT2D eigenvalue weighted by molar-refractivity contribution is 5.99. The van der Waals surface area contributed by atoms with Gasteiger partial charge in [-0.15, -0.1) is 0 Å². The summed E-state index contributed by atoms with van der Waals surface area (Å²) in [5, 5.41) is 2.74. The Labute approximate surface area is 97.4 Å². The van der Waals surface area contributed by atoms with Gasteiger partial charge in [-0.25, -0.2) is 4.98 Å². The fraction of sp³-hybridized carbons (Fsp3) is 0.100. The van der Waals surface area contributed by atoms with E-state index in [0.717, 1.165) is 5.69 Å². The van der Waals surface area contributed by atoms with E-state index in [1.54, 1.807) is 18.6 Å². The molecule has 17 heavy (non-hydrogen) atoms. The monoisotopic (exact) mass is 232 g/mol. The number of rotatable bonds is 4. The Hall–Kier alpha value is -2.41. The number of imidazole rings is 1. The third-order valence-corrected chi connectivity index (χ3v) is 2.22. The van der Waals surface area contributed by atoms with Crippen molar-refractivity contribution in [3.05, 3.63) is 42.2 Å². The maximum absolute atomic E-state index is 11.9. The molecule has 2 heterocycles. The minimum Gasteiger partial charge on any atom is -0.347 e. The molecule has 0 saturated carbocycles. The smallest absolute Gasteiger partial charge is 0.253 e. The third kappa shape index (κ3) is 2.58. The predicted octanol–water partition coefficient (Wildman–Crippen LogP) is 0.0203. The van der Waals surface area contributed by atoms with Crippen molar-refractivity contribution in [1.82, 2.24) is 20.3 Å². The summed E-state index contributed by atoms with van der Waals surface area (Å²) in [6.45, 7) is 0.380. The van der Waals surface area contributed by atoms with Crippen LogP contribution in [0.2, 0.25) is 0 Å². The molecule has 0 bridgehead atoms. The number of anilines is 1. The maximum atomic E-state index is 11.9. The Morgan fingerprint density at radius 1 is 1.41 bits per heavy atom. The Balaban J connectivity index is 2.04. The number of hydrogen-bond donors (Lipinski definition) is 4. The molecular weight excluding hydrogens is 220 g/mol. The molecule has 0 atom stereocenters. The largest absolute Gasteiger partial charge is 0.347 e. The fourth-order valence-electron chi connectivity index (χ4n) is 1.36. The number of aromatic nitrogens is 3. The molecule has 7 heteroatoms. The quantitative estimate of drug-likeness (QED) is 0.439. The van der Waals surface area contributed by atoms with Crippen molar-refractivity contribution in [2.75, 3.05) is 5.43 Å². The zero-order chi connectivity index (χ0) is 12.1. The van der Waals surface area contributed by atoms with Gasteiger partial charge in [0.2, 0.25) is 0 Å². The molecule has 0 fully saturated rings. The molecule has 0 aromatic carbocycles. The van der Waals surface area contributed by atoms with E-state index in [9.17, 15) is 4.79 Å². The van der Waals surface area contributed by atoms with Crippen molar-refractivity contribution >= 4 is 11.6 Å². The normalized spacial score (nSPS) is 9.94. The van der Waals surface area contributed by atoms with E-state index < -0.39 is 0 Å². The second-order valence-corrected chi connectivity index (χ2v) is 3.33. The molecular formula is C10H12N6O. The van der Waals surface area contributed by atoms with Gasteiger partial charge in [-0.2, -0.15) is 0 Å². The van der Waals surface area contributed by atoms with Gasteiger partial charge in [0.1, 0.15) is 0 Å². The van der Waals surface area contributed by atoms with Gasteiger partial charge < -0.3 is 15.7 Å². The number of H-pyrrole nitrogens is 1. The third-order valence-electron chi connectivity index (χ3n) is 2.22. The molecule has 1 amide bonds. The molecule has 0 unspecified atom stereocenters. The Morgan fingerprint density at radius 3 is 3.00 bits per heavy atom. The standard InChI is InChI=1S/C10H12N6O/c11-16-9-5-12-2-1-8(9)10(17)14-4-7-3-13-6-15-7/h1-3,5-6,16H,4,11H2,(H,13,15)(H,14,17). The van der Waals surface area contributed by atoms with E-state index >= 15 is 0 Å². The first-order valence-corrected chi connectivity index (χ1v) is 4.97. The molecule has 2 aromatic rings. The van der Waals surface area contributed by atoms with Crippen LogP contribution in [0.1, 0.15) is 16.1 Å². The van der Waals surface area contributed by atoms with Crippen LogP contribution >= 0.6 is 0 Å². The van der Waals surface area contributed by atoms with E-state index in [2.05, 4.69) is 25.7 Å². The summed E-state index contributed by atoms with van der Waals surface area (Å²) in [5.74, 6) is 5.07. The van der Waals surface area contributed by atoms with E-state index in [1.165, 1.54) is 12.4 Å². The summed E-state index contributed by atoms with van der Waals surface area (Å²) in [5.41, 5.74) is 4.18. The molecule has 0 aliphatic heterocycles. The second kappa shape index (κ2) is 5.08. The number of nitrogens with zero attached hydrogens (tertiary/aromatic N) is 2. The zero-order valence-electron chi connectivity index (χ0n) is 8.97. The SMILES string of the molecule is NNc1cnccc1C(=O)NCc1cnc[nH]1. The van der Waals surface area contributed by atoms with Gasteiger partial charge in [-0.05, 0) is 6.07 Å². The average molecular weight is 232 g/mol. The lowest BCUT2D eigenvalue weighted by atomic mass is 10.2. The number of carbonyl (C=O) groups excluding carboxylic acids is 1. The lowest BCUT2D eigenvalue weighted by Crippen LogP contribution is -2.25. The number of pyridine rings is 1. The van der Waals surface area contributed by atoms with Crippen LogP contribution in [0, 0.1) is 0 Å². The van der Waals surface area contributed by atoms with Gasteiger partial charge in [-0.3, -0.25) is 15.6 Å². The summed E-state index contributed by atoms with van der Waals surface area (Å²) in [4.78, 5) is 22.5. The van der Waals surface area contributed by atoms with Gasteiger partial charge in [0.25, 0.3) is 5.91 Å². The number of aromatic amines is 1. The lowest BCUT2D eigenvalue weighted by molar-refractivity contribution is 0.0951. The number of nitrogens with two attached hydrogens (primary N) is 1. The van der Waals surface area contributed by atoms with Crippen molar-refractivity contribution in [1.29, 1.82) is 0 Å². The van der Waals surface area contributed by atoms with Crippen molar-refractivity contribution in [2.45, 2.75) is 6.54 Å². The van der Waals surface area contributed by atoms with E-state index in [1.807, 2.05) is 0 Å². The summed E-state index contributed by atoms with van der Waals surface area (Å²) in [7, 11) is 0. The minimum absolute atomic E-state index is 0.227. The summed E-state index contributed by atoms with van der Waals surface area (Å²) >= 11 is 0. The molecule has 0 aliphatic carbocycles. The van der Waals surface area contributed by atoms with Crippen LogP contribution in [0.25, 0.3) is 0 Å². The average Bonchev–Trinajstić information content (AvgIpc) is 2.89.